The number of rotatable bonds is 8. The molecule has 1 atom stereocenters. The van der Waals surface area contributed by atoms with Gasteiger partial charge in [-0.2, -0.15) is 0 Å². The van der Waals surface area contributed by atoms with Gasteiger partial charge < -0.3 is 5.11 Å². The number of hydrogen-bond acceptors (Lipinski definition) is 9. The molecule has 1 unspecified atom stereocenters. The first-order valence-corrected chi connectivity index (χ1v) is 11.6. The molecule has 0 aliphatic carbocycles. The summed E-state index contributed by atoms with van der Waals surface area (Å²) < 4.78 is 24.1. The Hall–Kier alpha value is -4.24. The number of nitrogens with zero attached hydrogens (tertiary/aromatic N) is 6. The number of primary sulfonamides is 1. The average molecular weight is 503 g/mol. The quantitative estimate of drug-likeness (QED) is 0.337. The van der Waals surface area contributed by atoms with E-state index in [1.165, 1.54) is 35.1 Å². The molecule has 15 heteroatoms. The second kappa shape index (κ2) is 9.94. The van der Waals surface area contributed by atoms with Gasteiger partial charge in [0.25, 0.3) is 11.6 Å². The maximum Gasteiger partial charge on any atom is 0.414 e. The highest BCUT2D eigenvalue weighted by atomic mass is 32.2. The Kier molecular flexibility index (Phi) is 7.21. The summed E-state index contributed by atoms with van der Waals surface area (Å²) in [5.41, 5.74) is 0.537. The number of pyridine rings is 1. The number of nitro groups is 1. The molecule has 184 valence electrons. The third kappa shape index (κ3) is 5.82. The molecule has 35 heavy (non-hydrogen) atoms. The van der Waals surface area contributed by atoms with Gasteiger partial charge in [0, 0.05) is 23.9 Å². The van der Waals surface area contributed by atoms with Crippen molar-refractivity contribution in [3.63, 3.8) is 0 Å². The van der Waals surface area contributed by atoms with E-state index in [-0.39, 0.29) is 16.3 Å². The van der Waals surface area contributed by atoms with E-state index in [0.29, 0.717) is 16.2 Å². The number of sulfonamides is 1. The molecule has 2 aromatic heterocycles. The first-order chi connectivity index (χ1) is 16.4. The summed E-state index contributed by atoms with van der Waals surface area (Å²) >= 11 is 0. The molecule has 0 radical (unpaired) electrons. The zero-order valence-electron chi connectivity index (χ0n) is 18.5. The smallest absolute Gasteiger partial charge is 0.414 e. The summed E-state index contributed by atoms with van der Waals surface area (Å²) in [6, 6.07) is 6.71. The van der Waals surface area contributed by atoms with Gasteiger partial charge in [0.15, 0.2) is 0 Å². The van der Waals surface area contributed by atoms with Crippen molar-refractivity contribution in [2.24, 2.45) is 11.1 Å². The van der Waals surface area contributed by atoms with Crippen LogP contribution in [0.5, 0.6) is 0 Å². The van der Waals surface area contributed by atoms with E-state index >= 15 is 0 Å². The maximum absolute atomic E-state index is 13.3. The van der Waals surface area contributed by atoms with Crippen LogP contribution in [0.3, 0.4) is 0 Å². The van der Waals surface area contributed by atoms with Crippen molar-refractivity contribution in [3.05, 3.63) is 64.6 Å². The monoisotopic (exact) mass is 503 g/mol. The minimum absolute atomic E-state index is 0.0201. The predicted octanol–water partition coefficient (Wildman–Crippen LogP) is 1.80. The number of carboxylic acid groups (broad SMARTS) is 1. The van der Waals surface area contributed by atoms with E-state index in [9.17, 15) is 33.2 Å². The van der Waals surface area contributed by atoms with Gasteiger partial charge in [-0.25, -0.2) is 27.9 Å². The number of benzene rings is 1. The van der Waals surface area contributed by atoms with Crippen LogP contribution in [0.15, 0.2) is 53.7 Å². The Morgan fingerprint density at radius 1 is 1.23 bits per heavy atom. The van der Waals surface area contributed by atoms with Gasteiger partial charge >= 0.3 is 6.09 Å². The third-order valence-corrected chi connectivity index (χ3v) is 5.92. The largest absolute Gasteiger partial charge is 0.465 e. The molecule has 3 rings (SSSR count). The zero-order chi connectivity index (χ0) is 25.9. The van der Waals surface area contributed by atoms with Crippen molar-refractivity contribution in [3.8, 4) is 11.3 Å². The summed E-state index contributed by atoms with van der Waals surface area (Å²) in [6.45, 7) is 2.88. The highest BCUT2D eigenvalue weighted by Gasteiger charge is 2.34. The lowest BCUT2D eigenvalue weighted by Crippen LogP contribution is -2.42. The van der Waals surface area contributed by atoms with Gasteiger partial charge in [0.05, 0.1) is 28.3 Å². The molecule has 1 aromatic carbocycles. The molecule has 3 aromatic rings. The number of hydrogen-bond donors (Lipinski definition) is 2. The number of imide groups is 1. The number of amides is 2. The highest BCUT2D eigenvalue weighted by molar-refractivity contribution is 7.89. The molecule has 0 aliphatic heterocycles. The Morgan fingerprint density at radius 2 is 1.89 bits per heavy atom. The van der Waals surface area contributed by atoms with Crippen LogP contribution >= 0.6 is 0 Å². The lowest BCUT2D eigenvalue weighted by Gasteiger charge is -2.25. The van der Waals surface area contributed by atoms with E-state index in [1.54, 1.807) is 13.8 Å². The summed E-state index contributed by atoms with van der Waals surface area (Å²) in [5, 5.41) is 33.8. The zero-order valence-corrected chi connectivity index (χ0v) is 19.4. The predicted molar refractivity (Wildman–Crippen MR) is 120 cm³/mol. The highest BCUT2D eigenvalue weighted by Crippen LogP contribution is 2.25. The van der Waals surface area contributed by atoms with Gasteiger partial charge in [0.1, 0.15) is 11.7 Å². The number of aromatic nitrogens is 4. The lowest BCUT2D eigenvalue weighted by molar-refractivity contribution is -0.385. The third-order valence-electron chi connectivity index (χ3n) is 4.99. The van der Waals surface area contributed by atoms with Gasteiger partial charge in [-0.3, -0.25) is 19.9 Å². The van der Waals surface area contributed by atoms with E-state index in [1.807, 2.05) is 0 Å². The standard InChI is InChI=1S/C20H21N7O7S/c1-12(2)18(19(28)25(20(29)30)10-14-9-15(27(31)32)7-8-22-14)26-11-17(23-24-26)13-3-5-16(6-4-13)35(21,33)34/h3-9,11-12,18H,10H2,1-2H3,(H,29,30)(H2,21,33,34). The molecule has 2 amide bonds. The first-order valence-electron chi connectivity index (χ1n) is 10.1. The molecule has 0 aliphatic rings. The molecule has 2 heterocycles. The van der Waals surface area contributed by atoms with Crippen LogP contribution < -0.4 is 5.14 Å². The average Bonchev–Trinajstić information content (AvgIpc) is 3.26. The van der Waals surface area contributed by atoms with Crippen LogP contribution in [-0.2, 0) is 21.4 Å². The van der Waals surface area contributed by atoms with E-state index in [0.717, 1.165) is 18.3 Å². The Bertz CT molecular complexity index is 1370. The van der Waals surface area contributed by atoms with E-state index in [4.69, 9.17) is 5.14 Å². The second-order valence-corrected chi connectivity index (χ2v) is 9.37. The topological polar surface area (TPSA) is 205 Å². The SMILES string of the molecule is CC(C)C(C(=O)N(Cc1cc([N+](=O)[O-])ccn1)C(=O)O)n1cc(-c2ccc(S(N)(=O)=O)cc2)nn1. The van der Waals surface area contributed by atoms with Crippen LogP contribution in [-0.4, -0.2) is 55.3 Å². The van der Waals surface area contributed by atoms with E-state index in [2.05, 4.69) is 15.3 Å². The molecule has 0 spiro atoms. The fraction of sp³-hybridized carbons (Fsp3) is 0.250. The van der Waals surface area contributed by atoms with Gasteiger partial charge in [-0.05, 0) is 18.1 Å². The number of nitrogens with two attached hydrogens (primary N) is 1. The van der Waals surface area contributed by atoms with Crippen LogP contribution in [0.4, 0.5) is 10.5 Å². The molecule has 3 N–H and O–H groups in total. The van der Waals surface area contributed by atoms with Crippen LogP contribution in [0.2, 0.25) is 0 Å². The van der Waals surface area contributed by atoms with Crippen molar-refractivity contribution < 1.29 is 28.0 Å². The van der Waals surface area contributed by atoms with E-state index < -0.39 is 45.5 Å². The van der Waals surface area contributed by atoms with Crippen LogP contribution in [0.1, 0.15) is 25.6 Å². The fourth-order valence-electron chi connectivity index (χ4n) is 3.29. The van der Waals surface area contributed by atoms with Crippen LogP contribution in [0, 0.1) is 16.0 Å². The van der Waals surface area contributed by atoms with Crippen molar-refractivity contribution >= 4 is 27.7 Å². The van der Waals surface area contributed by atoms with Crippen molar-refractivity contribution in [1.82, 2.24) is 24.9 Å². The molecule has 0 bridgehead atoms. The first kappa shape index (κ1) is 25.4. The van der Waals surface area contributed by atoms with Crippen molar-refractivity contribution in [2.75, 3.05) is 0 Å². The summed E-state index contributed by atoms with van der Waals surface area (Å²) in [7, 11) is -3.87. The number of carbonyl (C=O) groups is 2. The minimum atomic E-state index is -3.87. The molecule has 0 saturated carbocycles. The second-order valence-electron chi connectivity index (χ2n) is 7.81. The van der Waals surface area contributed by atoms with Crippen molar-refractivity contribution in [1.29, 1.82) is 0 Å². The lowest BCUT2D eigenvalue weighted by atomic mass is 10.0. The Balaban J connectivity index is 1.90. The minimum Gasteiger partial charge on any atom is -0.465 e. The molecular weight excluding hydrogens is 482 g/mol. The maximum atomic E-state index is 13.3. The number of carbonyl (C=O) groups excluding carboxylic acids is 1. The Morgan fingerprint density at radius 3 is 2.43 bits per heavy atom. The van der Waals surface area contributed by atoms with Gasteiger partial charge in [-0.15, -0.1) is 5.10 Å². The molecule has 14 nitrogen and oxygen atoms in total. The molecule has 0 fully saturated rings. The summed E-state index contributed by atoms with van der Waals surface area (Å²) in [4.78, 5) is 39.9. The summed E-state index contributed by atoms with van der Waals surface area (Å²) in [5.74, 6) is -1.25. The molecule has 0 saturated heterocycles. The Labute approximate surface area is 199 Å². The van der Waals surface area contributed by atoms with Crippen molar-refractivity contribution in [2.45, 2.75) is 31.3 Å². The van der Waals surface area contributed by atoms with Gasteiger partial charge in [0.2, 0.25) is 10.0 Å². The van der Waals surface area contributed by atoms with Crippen LogP contribution in [0.25, 0.3) is 11.3 Å². The normalized spacial score (nSPS) is 12.3. The molecular formula is C20H21N7O7S. The fourth-order valence-corrected chi connectivity index (χ4v) is 3.81. The van der Waals surface area contributed by atoms with Gasteiger partial charge in [-0.1, -0.05) is 31.2 Å². The summed E-state index contributed by atoms with van der Waals surface area (Å²) in [6.07, 6.45) is 1.02.